The normalized spacial score (nSPS) is 12.1. The van der Waals surface area contributed by atoms with E-state index >= 15 is 0 Å². The molecule has 0 saturated heterocycles. The number of unbranched alkanes of at least 4 members (excludes halogenated alkanes) is 22. The molecule has 0 spiro atoms. The molecule has 1 atom stereocenters. The summed E-state index contributed by atoms with van der Waals surface area (Å²) in [4.78, 5) is 35.6. The summed E-state index contributed by atoms with van der Waals surface area (Å²) in [5.41, 5.74) is 0. The van der Waals surface area contributed by atoms with E-state index in [1.165, 1.54) is 154 Å². The highest BCUT2D eigenvalue weighted by molar-refractivity contribution is 5.74. The molecule has 0 aliphatic heterocycles. The molecule has 0 aromatic rings. The van der Waals surface area contributed by atoms with Crippen molar-refractivity contribution in [3.8, 4) is 0 Å². The first kappa shape index (κ1) is 42.9. The van der Waals surface area contributed by atoms with Gasteiger partial charge in [0, 0.05) is 0 Å². The third-order valence-corrected chi connectivity index (χ3v) is 9.55. The lowest BCUT2D eigenvalue weighted by atomic mass is 9.86. The van der Waals surface area contributed by atoms with Gasteiger partial charge in [0.1, 0.15) is 0 Å². The standard InChI is InChI=1S/C40H78O4/c1-5-9-13-17-18-19-20-21-22-26-29-33-38(40(42)44-43-39(41)34-30-25-16-12-8-4)36-35-37(31-27-23-14-10-6-2)32-28-24-15-11-7-3/h37-38H,5-36H2,1-4H3. The van der Waals surface area contributed by atoms with Crippen molar-refractivity contribution in [3.63, 3.8) is 0 Å². The van der Waals surface area contributed by atoms with E-state index in [2.05, 4.69) is 27.7 Å². The van der Waals surface area contributed by atoms with Crippen LogP contribution in [-0.4, -0.2) is 11.9 Å². The van der Waals surface area contributed by atoms with Crippen molar-refractivity contribution < 1.29 is 19.4 Å². The van der Waals surface area contributed by atoms with Crippen LogP contribution < -0.4 is 0 Å². The topological polar surface area (TPSA) is 52.6 Å². The van der Waals surface area contributed by atoms with E-state index in [9.17, 15) is 9.59 Å². The molecule has 4 nitrogen and oxygen atoms in total. The predicted octanol–water partition coefficient (Wildman–Crippen LogP) is 13.8. The first-order chi connectivity index (χ1) is 21.6. The Bertz CT molecular complexity index is 590. The fraction of sp³-hybridized carbons (Fsp3) is 0.950. The van der Waals surface area contributed by atoms with Crippen LogP contribution >= 0.6 is 0 Å². The van der Waals surface area contributed by atoms with Gasteiger partial charge in [0.15, 0.2) is 0 Å². The summed E-state index contributed by atoms with van der Waals surface area (Å²) in [7, 11) is 0. The van der Waals surface area contributed by atoms with Crippen LogP contribution in [0.3, 0.4) is 0 Å². The van der Waals surface area contributed by atoms with Crippen LogP contribution in [0.15, 0.2) is 0 Å². The zero-order chi connectivity index (χ0) is 32.4. The third-order valence-electron chi connectivity index (χ3n) is 9.55. The summed E-state index contributed by atoms with van der Waals surface area (Å²) in [5.74, 6) is -0.188. The molecule has 1 unspecified atom stereocenters. The van der Waals surface area contributed by atoms with Gasteiger partial charge >= 0.3 is 11.9 Å². The Morgan fingerprint density at radius 3 is 1.18 bits per heavy atom. The lowest BCUT2D eigenvalue weighted by Crippen LogP contribution is -2.21. The Kier molecular flexibility index (Phi) is 34.0. The van der Waals surface area contributed by atoms with Crippen molar-refractivity contribution in [1.82, 2.24) is 0 Å². The summed E-state index contributed by atoms with van der Waals surface area (Å²) in [5, 5.41) is 0. The molecule has 0 amide bonds. The highest BCUT2D eigenvalue weighted by Gasteiger charge is 2.24. The van der Waals surface area contributed by atoms with Gasteiger partial charge in [0.2, 0.25) is 0 Å². The van der Waals surface area contributed by atoms with Gasteiger partial charge in [-0.2, -0.15) is 0 Å². The number of rotatable bonds is 34. The Labute approximate surface area is 275 Å². The van der Waals surface area contributed by atoms with Gasteiger partial charge in [0.05, 0.1) is 12.3 Å². The van der Waals surface area contributed by atoms with Crippen molar-refractivity contribution in [2.24, 2.45) is 11.8 Å². The molecule has 0 heterocycles. The monoisotopic (exact) mass is 623 g/mol. The molecular weight excluding hydrogens is 544 g/mol. The smallest absolute Gasteiger partial charge is 0.247 e. The lowest BCUT2D eigenvalue weighted by molar-refractivity contribution is -0.262. The molecule has 0 aliphatic carbocycles. The van der Waals surface area contributed by atoms with E-state index in [1.54, 1.807) is 0 Å². The molecule has 0 aromatic heterocycles. The molecule has 0 rings (SSSR count). The Morgan fingerprint density at radius 2 is 0.750 bits per heavy atom. The third kappa shape index (κ3) is 29.6. The Morgan fingerprint density at radius 1 is 0.386 bits per heavy atom. The maximum absolute atomic E-state index is 13.2. The minimum absolute atomic E-state index is 0.159. The fourth-order valence-electron chi connectivity index (χ4n) is 6.45. The summed E-state index contributed by atoms with van der Waals surface area (Å²) >= 11 is 0. The lowest BCUT2D eigenvalue weighted by Gasteiger charge is -2.20. The van der Waals surface area contributed by atoms with Crippen LogP contribution in [0.4, 0.5) is 0 Å². The second-order valence-corrected chi connectivity index (χ2v) is 13.9. The summed E-state index contributed by atoms with van der Waals surface area (Å²) < 4.78 is 0. The van der Waals surface area contributed by atoms with Crippen molar-refractivity contribution >= 4 is 11.9 Å². The van der Waals surface area contributed by atoms with E-state index in [-0.39, 0.29) is 11.9 Å². The maximum Gasteiger partial charge on any atom is 0.358 e. The van der Waals surface area contributed by atoms with Crippen LogP contribution in [0, 0.1) is 11.8 Å². The molecule has 0 bridgehead atoms. The molecular formula is C40H78O4. The molecule has 0 aliphatic rings. The van der Waals surface area contributed by atoms with Gasteiger partial charge in [-0.3, -0.25) is 0 Å². The van der Waals surface area contributed by atoms with E-state index in [1.807, 2.05) is 0 Å². The summed E-state index contributed by atoms with van der Waals surface area (Å²) in [6, 6.07) is 0. The van der Waals surface area contributed by atoms with Gasteiger partial charge < -0.3 is 0 Å². The highest BCUT2D eigenvalue weighted by atomic mass is 17.2. The second-order valence-electron chi connectivity index (χ2n) is 13.9. The summed E-state index contributed by atoms with van der Waals surface area (Å²) in [6.45, 7) is 9.01. The Balaban J connectivity index is 4.78. The van der Waals surface area contributed by atoms with Crippen LogP contribution in [0.1, 0.15) is 233 Å². The molecule has 0 fully saturated rings. The van der Waals surface area contributed by atoms with Gasteiger partial charge in [-0.25, -0.2) is 19.4 Å². The zero-order valence-corrected chi connectivity index (χ0v) is 30.4. The molecule has 4 heteroatoms. The predicted molar refractivity (Wildman–Crippen MR) is 190 cm³/mol. The summed E-state index contributed by atoms with van der Waals surface area (Å²) in [6.07, 6.45) is 38.6. The van der Waals surface area contributed by atoms with Crippen LogP contribution in [0.2, 0.25) is 0 Å². The van der Waals surface area contributed by atoms with E-state index in [4.69, 9.17) is 9.78 Å². The van der Waals surface area contributed by atoms with Crippen molar-refractivity contribution in [2.75, 3.05) is 0 Å². The van der Waals surface area contributed by atoms with E-state index in [0.717, 1.165) is 44.9 Å². The highest BCUT2D eigenvalue weighted by Crippen LogP contribution is 2.28. The Hall–Kier alpha value is -1.06. The van der Waals surface area contributed by atoms with E-state index in [0.29, 0.717) is 12.3 Å². The van der Waals surface area contributed by atoms with Gasteiger partial charge in [-0.05, 0) is 31.6 Å². The zero-order valence-electron chi connectivity index (χ0n) is 30.4. The average Bonchev–Trinajstić information content (AvgIpc) is 3.03. The minimum Gasteiger partial charge on any atom is -0.247 e. The number of hydrogen-bond acceptors (Lipinski definition) is 4. The molecule has 0 N–H and O–H groups in total. The number of hydrogen-bond donors (Lipinski definition) is 0. The van der Waals surface area contributed by atoms with E-state index < -0.39 is 5.97 Å². The van der Waals surface area contributed by atoms with Crippen molar-refractivity contribution in [3.05, 3.63) is 0 Å². The van der Waals surface area contributed by atoms with Crippen molar-refractivity contribution in [2.45, 2.75) is 233 Å². The first-order valence-corrected chi connectivity index (χ1v) is 20.0. The number of carbonyl (C=O) groups excluding carboxylic acids is 2. The number of carbonyl (C=O) groups is 2. The molecule has 262 valence electrons. The van der Waals surface area contributed by atoms with Gasteiger partial charge in [-0.1, -0.05) is 201 Å². The van der Waals surface area contributed by atoms with Gasteiger partial charge in [-0.15, -0.1) is 0 Å². The van der Waals surface area contributed by atoms with Crippen LogP contribution in [0.5, 0.6) is 0 Å². The molecule has 0 aromatic carbocycles. The maximum atomic E-state index is 13.2. The largest absolute Gasteiger partial charge is 0.358 e. The minimum atomic E-state index is -0.402. The quantitative estimate of drug-likeness (QED) is 0.0407. The average molecular weight is 623 g/mol. The van der Waals surface area contributed by atoms with Crippen LogP contribution in [-0.2, 0) is 19.4 Å². The fourth-order valence-corrected chi connectivity index (χ4v) is 6.45. The molecule has 0 saturated carbocycles. The van der Waals surface area contributed by atoms with Crippen molar-refractivity contribution in [1.29, 1.82) is 0 Å². The second kappa shape index (κ2) is 34.8. The molecule has 44 heavy (non-hydrogen) atoms. The van der Waals surface area contributed by atoms with Crippen LogP contribution in [0.25, 0.3) is 0 Å². The van der Waals surface area contributed by atoms with Gasteiger partial charge in [0.25, 0.3) is 0 Å². The first-order valence-electron chi connectivity index (χ1n) is 20.0. The molecule has 0 radical (unpaired) electrons. The SMILES string of the molecule is CCCCCCCCCCCCCC(CCC(CCCCCCC)CCCCCCC)C(=O)OOC(=O)CCCCCCC.